The maximum atomic E-state index is 5.20. The van der Waals surface area contributed by atoms with E-state index < -0.39 is 0 Å². The van der Waals surface area contributed by atoms with E-state index in [-0.39, 0.29) is 24.0 Å². The van der Waals surface area contributed by atoms with Crippen LogP contribution in [0.5, 0.6) is 5.75 Å². The van der Waals surface area contributed by atoms with Crippen molar-refractivity contribution in [3.63, 3.8) is 0 Å². The van der Waals surface area contributed by atoms with Gasteiger partial charge in [0.1, 0.15) is 5.75 Å². The molecule has 0 atom stereocenters. The molecule has 2 N–H and O–H groups in total. The average Bonchev–Trinajstić information content (AvgIpc) is 2.69. The van der Waals surface area contributed by atoms with E-state index in [0.717, 1.165) is 24.8 Å². The summed E-state index contributed by atoms with van der Waals surface area (Å²) in [6.45, 7) is 6.82. The van der Waals surface area contributed by atoms with E-state index in [1.165, 1.54) is 16.7 Å². The summed E-state index contributed by atoms with van der Waals surface area (Å²) in [5.74, 6) is 1.65. The van der Waals surface area contributed by atoms with Gasteiger partial charge in [-0.05, 0) is 49.7 Å². The molecule has 2 aromatic carbocycles. The zero-order valence-corrected chi connectivity index (χ0v) is 19.9. The molecule has 0 saturated carbocycles. The van der Waals surface area contributed by atoms with Crippen LogP contribution in [0.3, 0.4) is 0 Å². The van der Waals surface area contributed by atoms with Gasteiger partial charge in [0.15, 0.2) is 5.96 Å². The lowest BCUT2D eigenvalue weighted by Crippen LogP contribution is -2.36. The highest BCUT2D eigenvalue weighted by Crippen LogP contribution is 2.13. The number of hydrogen-bond donors (Lipinski definition) is 2. The summed E-state index contributed by atoms with van der Waals surface area (Å²) in [6, 6.07) is 17.1. The highest BCUT2D eigenvalue weighted by Gasteiger charge is 2.08. The second kappa shape index (κ2) is 12.6. The van der Waals surface area contributed by atoms with Gasteiger partial charge in [-0.15, -0.1) is 24.0 Å². The van der Waals surface area contributed by atoms with Crippen LogP contribution in [-0.4, -0.2) is 38.1 Å². The quantitative estimate of drug-likeness (QED) is 0.330. The van der Waals surface area contributed by atoms with Crippen molar-refractivity contribution in [2.24, 2.45) is 4.99 Å². The first kappa shape index (κ1) is 24.2. The van der Waals surface area contributed by atoms with Gasteiger partial charge in [0.2, 0.25) is 0 Å². The molecule has 0 aliphatic heterocycles. The number of aliphatic imine (C=N–C) groups is 1. The Bertz CT molecular complexity index is 732. The van der Waals surface area contributed by atoms with E-state index in [9.17, 15) is 0 Å². The largest absolute Gasteiger partial charge is 0.497 e. The molecule has 0 spiro atoms. The number of methoxy groups -OCH3 is 1. The molecule has 0 saturated heterocycles. The molecule has 0 aliphatic carbocycles. The topological polar surface area (TPSA) is 48.9 Å². The summed E-state index contributed by atoms with van der Waals surface area (Å²) in [5, 5.41) is 6.78. The highest BCUT2D eigenvalue weighted by atomic mass is 127. The van der Waals surface area contributed by atoms with Crippen LogP contribution in [-0.2, 0) is 19.6 Å². The number of benzene rings is 2. The normalized spacial score (nSPS) is 11.3. The Kier molecular flexibility index (Phi) is 10.9. The molecule has 0 aromatic heterocycles. The Hall–Kier alpha value is -1.80. The number of ether oxygens (including phenoxy) is 1. The van der Waals surface area contributed by atoms with Gasteiger partial charge in [-0.2, -0.15) is 0 Å². The third kappa shape index (κ3) is 7.67. The van der Waals surface area contributed by atoms with Crippen molar-refractivity contribution < 1.29 is 4.74 Å². The van der Waals surface area contributed by atoms with Crippen molar-refractivity contribution in [1.82, 2.24) is 15.5 Å². The molecular formula is C22H33IN4O. The second-order valence-electron chi connectivity index (χ2n) is 6.90. The molecule has 0 radical (unpaired) electrons. The summed E-state index contributed by atoms with van der Waals surface area (Å²) in [7, 11) is 5.63. The zero-order valence-electron chi connectivity index (χ0n) is 17.5. The molecular weight excluding hydrogens is 463 g/mol. The Morgan fingerprint density at radius 3 is 2.18 bits per heavy atom. The predicted octanol–water partition coefficient (Wildman–Crippen LogP) is 4.02. The first-order chi connectivity index (χ1) is 13.0. The van der Waals surface area contributed by atoms with E-state index in [2.05, 4.69) is 77.8 Å². The van der Waals surface area contributed by atoms with Gasteiger partial charge < -0.3 is 15.4 Å². The van der Waals surface area contributed by atoms with Crippen LogP contribution < -0.4 is 15.4 Å². The maximum Gasteiger partial charge on any atom is 0.191 e. The van der Waals surface area contributed by atoms with Crippen molar-refractivity contribution in [2.45, 2.75) is 39.5 Å². The molecule has 0 amide bonds. The van der Waals surface area contributed by atoms with E-state index in [4.69, 9.17) is 4.74 Å². The highest BCUT2D eigenvalue weighted by molar-refractivity contribution is 14.0. The summed E-state index contributed by atoms with van der Waals surface area (Å²) in [5.41, 5.74) is 3.81. The molecule has 0 bridgehead atoms. The van der Waals surface area contributed by atoms with Crippen LogP contribution in [0.1, 0.15) is 30.5 Å². The van der Waals surface area contributed by atoms with Gasteiger partial charge in [0, 0.05) is 32.7 Å². The molecule has 2 aromatic rings. The first-order valence-corrected chi connectivity index (χ1v) is 9.38. The molecule has 154 valence electrons. The van der Waals surface area contributed by atoms with Crippen LogP contribution in [0.2, 0.25) is 0 Å². The van der Waals surface area contributed by atoms with Crippen LogP contribution in [0.25, 0.3) is 0 Å². The first-order valence-electron chi connectivity index (χ1n) is 9.38. The van der Waals surface area contributed by atoms with Crippen LogP contribution in [0.15, 0.2) is 53.5 Å². The lowest BCUT2D eigenvalue weighted by Gasteiger charge is -2.23. The fourth-order valence-electron chi connectivity index (χ4n) is 2.66. The third-order valence-corrected chi connectivity index (χ3v) is 4.71. The maximum absolute atomic E-state index is 5.20. The SMILES string of the molecule is CN=C(NCc1ccc(OC)cc1)NCc1ccccc1CN(C)C(C)C.I. The third-order valence-electron chi connectivity index (χ3n) is 4.71. The summed E-state index contributed by atoms with van der Waals surface area (Å²) >= 11 is 0. The number of guanidine groups is 1. The summed E-state index contributed by atoms with van der Waals surface area (Å²) in [6.07, 6.45) is 0. The van der Waals surface area contributed by atoms with Gasteiger partial charge in [0.25, 0.3) is 0 Å². The van der Waals surface area contributed by atoms with E-state index in [1.54, 1.807) is 14.2 Å². The molecule has 2 rings (SSSR count). The van der Waals surface area contributed by atoms with Crippen LogP contribution >= 0.6 is 24.0 Å². The Morgan fingerprint density at radius 2 is 1.61 bits per heavy atom. The average molecular weight is 496 g/mol. The van der Waals surface area contributed by atoms with Crippen molar-refractivity contribution in [3.05, 3.63) is 65.2 Å². The Balaban J connectivity index is 0.00000392. The number of halogens is 1. The van der Waals surface area contributed by atoms with Crippen molar-refractivity contribution in [3.8, 4) is 5.75 Å². The molecule has 6 heteroatoms. The van der Waals surface area contributed by atoms with E-state index >= 15 is 0 Å². The number of nitrogens with zero attached hydrogens (tertiary/aromatic N) is 2. The predicted molar refractivity (Wildman–Crippen MR) is 128 cm³/mol. The zero-order chi connectivity index (χ0) is 19.6. The smallest absolute Gasteiger partial charge is 0.191 e. The number of nitrogens with one attached hydrogen (secondary N) is 2. The fraction of sp³-hybridized carbons (Fsp3) is 0.409. The molecule has 0 heterocycles. The minimum absolute atomic E-state index is 0. The molecule has 0 unspecified atom stereocenters. The summed E-state index contributed by atoms with van der Waals surface area (Å²) in [4.78, 5) is 6.67. The van der Waals surface area contributed by atoms with E-state index in [0.29, 0.717) is 12.6 Å². The van der Waals surface area contributed by atoms with Crippen LogP contribution in [0, 0.1) is 0 Å². The van der Waals surface area contributed by atoms with Crippen LogP contribution in [0.4, 0.5) is 0 Å². The lowest BCUT2D eigenvalue weighted by atomic mass is 10.1. The molecule has 0 fully saturated rings. The number of hydrogen-bond acceptors (Lipinski definition) is 3. The van der Waals surface area contributed by atoms with Crippen molar-refractivity contribution >= 4 is 29.9 Å². The second-order valence-corrected chi connectivity index (χ2v) is 6.90. The minimum Gasteiger partial charge on any atom is -0.497 e. The lowest BCUT2D eigenvalue weighted by molar-refractivity contribution is 0.265. The van der Waals surface area contributed by atoms with Gasteiger partial charge in [0.05, 0.1) is 7.11 Å². The van der Waals surface area contributed by atoms with Gasteiger partial charge in [-0.1, -0.05) is 36.4 Å². The Morgan fingerprint density at radius 1 is 1.00 bits per heavy atom. The fourth-order valence-corrected chi connectivity index (χ4v) is 2.66. The molecule has 5 nitrogen and oxygen atoms in total. The van der Waals surface area contributed by atoms with E-state index in [1.807, 2.05) is 12.1 Å². The monoisotopic (exact) mass is 496 g/mol. The Labute approximate surface area is 186 Å². The summed E-state index contributed by atoms with van der Waals surface area (Å²) < 4.78 is 5.20. The van der Waals surface area contributed by atoms with Gasteiger partial charge >= 0.3 is 0 Å². The minimum atomic E-state index is 0. The molecule has 28 heavy (non-hydrogen) atoms. The standard InChI is InChI=1S/C22H32N4O.HI/c1-17(2)26(4)16-20-9-7-6-8-19(20)15-25-22(23-3)24-14-18-10-12-21(27-5)13-11-18;/h6-13,17H,14-16H2,1-5H3,(H2,23,24,25);1H. The van der Waals surface area contributed by atoms with Gasteiger partial charge in [-0.25, -0.2) is 0 Å². The van der Waals surface area contributed by atoms with Gasteiger partial charge in [-0.3, -0.25) is 9.89 Å². The van der Waals surface area contributed by atoms with Crippen molar-refractivity contribution in [1.29, 1.82) is 0 Å². The number of rotatable bonds is 8. The van der Waals surface area contributed by atoms with Crippen molar-refractivity contribution in [2.75, 3.05) is 21.2 Å². The molecule has 0 aliphatic rings.